The van der Waals surface area contributed by atoms with Crippen molar-refractivity contribution in [1.29, 1.82) is 0 Å². The van der Waals surface area contributed by atoms with E-state index in [1.54, 1.807) is 6.20 Å². The number of hydrogen-bond acceptors (Lipinski definition) is 2. The van der Waals surface area contributed by atoms with E-state index in [2.05, 4.69) is 51.8 Å². The summed E-state index contributed by atoms with van der Waals surface area (Å²) in [4.78, 5) is 8.86. The van der Waals surface area contributed by atoms with Gasteiger partial charge in [0, 0.05) is 18.3 Å². The first kappa shape index (κ1) is 11.7. The van der Waals surface area contributed by atoms with Crippen molar-refractivity contribution >= 4 is 16.7 Å². The molecule has 0 unspecified atom stereocenters. The zero-order valence-corrected chi connectivity index (χ0v) is 10.8. The van der Waals surface area contributed by atoms with Crippen LogP contribution in [0.2, 0.25) is 0 Å². The number of benzene rings is 1. The highest BCUT2D eigenvalue weighted by molar-refractivity contribution is 5.78. The quantitative estimate of drug-likeness (QED) is 0.685. The third kappa shape index (κ3) is 2.27. The lowest BCUT2D eigenvalue weighted by molar-refractivity contribution is 0.743. The molecule has 3 aromatic rings. The molecule has 3 heteroatoms. The molecule has 0 aliphatic carbocycles. The van der Waals surface area contributed by atoms with Gasteiger partial charge in [0.15, 0.2) is 5.82 Å². The molecule has 0 fully saturated rings. The molecule has 2 aromatic heterocycles. The Morgan fingerprint density at radius 2 is 1.84 bits per heavy atom. The minimum atomic E-state index is 0.736. The molecule has 1 aromatic carbocycles. The molecule has 0 saturated heterocycles. The second-order valence-electron chi connectivity index (χ2n) is 4.29. The van der Waals surface area contributed by atoms with Gasteiger partial charge < -0.3 is 4.57 Å². The summed E-state index contributed by atoms with van der Waals surface area (Å²) in [6.45, 7) is 3.01. The van der Waals surface area contributed by atoms with E-state index >= 15 is 0 Å². The molecule has 3 rings (SSSR count). The van der Waals surface area contributed by atoms with E-state index in [1.807, 2.05) is 24.3 Å². The summed E-state index contributed by atoms with van der Waals surface area (Å²) in [5.41, 5.74) is 2.13. The number of hydrogen-bond donors (Lipinski definition) is 0. The van der Waals surface area contributed by atoms with E-state index in [9.17, 15) is 0 Å². The Labute approximate surface area is 111 Å². The number of rotatable bonds is 2. The second kappa shape index (κ2) is 5.06. The lowest BCUT2D eigenvalue weighted by Gasteiger charge is -2.09. The van der Waals surface area contributed by atoms with Crippen LogP contribution in [-0.2, 0) is 6.54 Å². The fourth-order valence-corrected chi connectivity index (χ4v) is 2.22. The van der Waals surface area contributed by atoms with Crippen molar-refractivity contribution < 1.29 is 0 Å². The summed E-state index contributed by atoms with van der Waals surface area (Å²) < 4.78 is 2.20. The second-order valence-corrected chi connectivity index (χ2v) is 4.29. The van der Waals surface area contributed by atoms with Crippen molar-refractivity contribution in [3.8, 4) is 0 Å². The van der Waals surface area contributed by atoms with Crippen molar-refractivity contribution in [2.75, 3.05) is 0 Å². The molecular weight excluding hydrogens is 234 g/mol. The Bertz CT molecular complexity index is 758. The van der Waals surface area contributed by atoms with Crippen LogP contribution in [-0.4, -0.2) is 9.55 Å². The molecule has 2 heterocycles. The molecule has 0 saturated carbocycles. The van der Waals surface area contributed by atoms with Crippen LogP contribution in [0, 0.1) is 0 Å². The summed E-state index contributed by atoms with van der Waals surface area (Å²) >= 11 is 0. The number of aromatic nitrogens is 2. The van der Waals surface area contributed by atoms with Crippen molar-refractivity contribution in [2.45, 2.75) is 13.5 Å². The molecule has 0 amide bonds. The standard InChI is InChI=1S/C16H15N3/c1-2-19-14-8-4-3-7-13(14)10-11-16(19)18-15-9-5-6-12-17-15/h3-12H,2H2,1H3/b18-16-. The normalized spacial score (nSPS) is 11.9. The zero-order valence-electron chi connectivity index (χ0n) is 10.8. The first-order valence-corrected chi connectivity index (χ1v) is 6.43. The van der Waals surface area contributed by atoms with Crippen molar-refractivity contribution in [3.63, 3.8) is 0 Å². The van der Waals surface area contributed by atoms with Gasteiger partial charge in [-0.05, 0) is 42.6 Å². The van der Waals surface area contributed by atoms with Gasteiger partial charge in [-0.2, -0.15) is 0 Å². The first-order chi connectivity index (χ1) is 9.38. The number of aryl methyl sites for hydroxylation is 1. The fraction of sp³-hybridized carbons (Fsp3) is 0.125. The molecule has 0 aliphatic heterocycles. The number of para-hydroxylation sites is 1. The molecule has 0 aliphatic rings. The molecule has 0 atom stereocenters. The van der Waals surface area contributed by atoms with Crippen molar-refractivity contribution in [1.82, 2.24) is 9.55 Å². The van der Waals surface area contributed by atoms with E-state index in [0.29, 0.717) is 0 Å². The van der Waals surface area contributed by atoms with Crippen molar-refractivity contribution in [2.24, 2.45) is 4.99 Å². The largest absolute Gasteiger partial charge is 0.326 e. The molecule has 0 spiro atoms. The monoisotopic (exact) mass is 249 g/mol. The summed E-state index contributed by atoms with van der Waals surface area (Å²) in [6, 6.07) is 18.2. The van der Waals surface area contributed by atoms with Crippen LogP contribution >= 0.6 is 0 Å². The molecule has 0 bridgehead atoms. The Kier molecular flexibility index (Phi) is 3.11. The van der Waals surface area contributed by atoms with Gasteiger partial charge in [0.2, 0.25) is 0 Å². The smallest absolute Gasteiger partial charge is 0.154 e. The number of nitrogens with zero attached hydrogens (tertiary/aromatic N) is 3. The van der Waals surface area contributed by atoms with E-state index in [-0.39, 0.29) is 0 Å². The Balaban J connectivity index is 2.27. The molecular formula is C16H15N3. The van der Waals surface area contributed by atoms with Crippen LogP contribution in [0.5, 0.6) is 0 Å². The Morgan fingerprint density at radius 1 is 1.00 bits per heavy atom. The van der Waals surface area contributed by atoms with Gasteiger partial charge in [0.1, 0.15) is 5.49 Å². The predicted octanol–water partition coefficient (Wildman–Crippen LogP) is 3.29. The Hall–Kier alpha value is -2.42. The lowest BCUT2D eigenvalue weighted by atomic mass is 10.2. The highest BCUT2D eigenvalue weighted by Crippen LogP contribution is 2.11. The SMILES string of the molecule is CCn1/c(=N\c2ccccn2)ccc2ccccc21. The summed E-state index contributed by atoms with van der Waals surface area (Å²) in [7, 11) is 0. The highest BCUT2D eigenvalue weighted by atomic mass is 15.0. The first-order valence-electron chi connectivity index (χ1n) is 6.43. The molecule has 0 N–H and O–H groups in total. The van der Waals surface area contributed by atoms with E-state index in [1.165, 1.54) is 10.9 Å². The minimum absolute atomic E-state index is 0.736. The van der Waals surface area contributed by atoms with Gasteiger partial charge >= 0.3 is 0 Å². The predicted molar refractivity (Wildman–Crippen MR) is 77.1 cm³/mol. The molecule has 94 valence electrons. The average molecular weight is 249 g/mol. The number of fused-ring (bicyclic) bond motifs is 1. The third-order valence-electron chi connectivity index (χ3n) is 3.11. The average Bonchev–Trinajstić information content (AvgIpc) is 2.48. The van der Waals surface area contributed by atoms with Crippen LogP contribution in [0.3, 0.4) is 0 Å². The maximum absolute atomic E-state index is 4.61. The lowest BCUT2D eigenvalue weighted by Crippen LogP contribution is -2.19. The summed E-state index contributed by atoms with van der Waals surface area (Å²) in [5, 5.41) is 1.23. The van der Waals surface area contributed by atoms with Crippen LogP contribution in [0.15, 0.2) is 65.8 Å². The van der Waals surface area contributed by atoms with Crippen LogP contribution in [0.4, 0.5) is 5.82 Å². The van der Waals surface area contributed by atoms with Gasteiger partial charge in [-0.3, -0.25) is 0 Å². The summed E-state index contributed by atoms with van der Waals surface area (Å²) in [5.74, 6) is 0.736. The zero-order chi connectivity index (χ0) is 13.1. The van der Waals surface area contributed by atoms with Crippen LogP contribution in [0.1, 0.15) is 6.92 Å². The van der Waals surface area contributed by atoms with E-state index in [0.717, 1.165) is 17.9 Å². The van der Waals surface area contributed by atoms with Gasteiger partial charge in [0.25, 0.3) is 0 Å². The topological polar surface area (TPSA) is 30.2 Å². The van der Waals surface area contributed by atoms with Crippen LogP contribution in [0.25, 0.3) is 10.9 Å². The van der Waals surface area contributed by atoms with Crippen molar-refractivity contribution in [3.05, 3.63) is 66.3 Å². The Morgan fingerprint density at radius 3 is 2.63 bits per heavy atom. The van der Waals surface area contributed by atoms with Gasteiger partial charge in [-0.1, -0.05) is 24.3 Å². The third-order valence-corrected chi connectivity index (χ3v) is 3.11. The maximum atomic E-state index is 4.61. The molecule has 19 heavy (non-hydrogen) atoms. The van der Waals surface area contributed by atoms with Gasteiger partial charge in [0.05, 0.1) is 0 Å². The summed E-state index contributed by atoms with van der Waals surface area (Å²) in [6.07, 6.45) is 1.76. The van der Waals surface area contributed by atoms with E-state index < -0.39 is 0 Å². The van der Waals surface area contributed by atoms with E-state index in [4.69, 9.17) is 0 Å². The van der Waals surface area contributed by atoms with Gasteiger partial charge in [-0.25, -0.2) is 9.98 Å². The van der Waals surface area contributed by atoms with Gasteiger partial charge in [-0.15, -0.1) is 0 Å². The molecule has 3 nitrogen and oxygen atoms in total. The maximum Gasteiger partial charge on any atom is 0.154 e. The minimum Gasteiger partial charge on any atom is -0.326 e. The van der Waals surface area contributed by atoms with Crippen LogP contribution < -0.4 is 5.49 Å². The highest BCUT2D eigenvalue weighted by Gasteiger charge is 1.99. The fourth-order valence-electron chi connectivity index (χ4n) is 2.22. The molecule has 0 radical (unpaired) electrons. The number of pyridine rings is 2.